The average Bonchev–Trinajstić information content (AvgIpc) is 2.53. The van der Waals surface area contributed by atoms with Crippen molar-refractivity contribution in [3.05, 3.63) is 12.2 Å². The molecule has 3 nitrogen and oxygen atoms in total. The van der Waals surface area contributed by atoms with Crippen molar-refractivity contribution in [1.82, 2.24) is 0 Å². The van der Waals surface area contributed by atoms with Crippen molar-refractivity contribution in [2.24, 2.45) is 17.8 Å². The molecule has 0 aromatic rings. The molecule has 2 aliphatic carbocycles. The van der Waals surface area contributed by atoms with Crippen molar-refractivity contribution < 1.29 is 40.6 Å². The maximum atomic E-state index is 13.7. The second-order valence-corrected chi connectivity index (χ2v) is 7.46. The Labute approximate surface area is 154 Å². The van der Waals surface area contributed by atoms with Gasteiger partial charge in [0.05, 0.1) is 0 Å². The van der Waals surface area contributed by atoms with Crippen LogP contribution < -0.4 is 0 Å². The van der Waals surface area contributed by atoms with Gasteiger partial charge in [0.25, 0.3) is 5.60 Å². The Morgan fingerprint density at radius 1 is 0.926 bits per heavy atom. The minimum atomic E-state index is -5.60. The van der Waals surface area contributed by atoms with E-state index in [0.717, 1.165) is 0 Å². The first-order valence-electron chi connectivity index (χ1n) is 8.92. The molecule has 0 amide bonds. The molecule has 0 bridgehead atoms. The molecule has 0 spiro atoms. The molecule has 2 aliphatic rings. The van der Waals surface area contributed by atoms with Gasteiger partial charge in [-0.2, -0.15) is 26.3 Å². The summed E-state index contributed by atoms with van der Waals surface area (Å²) in [4.78, 5) is 11.8. The molecule has 2 saturated carbocycles. The number of methoxy groups -OCH3 is 1. The van der Waals surface area contributed by atoms with E-state index in [1.54, 1.807) is 0 Å². The first-order chi connectivity index (χ1) is 12.4. The number of esters is 1. The van der Waals surface area contributed by atoms with Crippen molar-refractivity contribution in [3.8, 4) is 0 Å². The maximum absolute atomic E-state index is 13.7. The molecule has 156 valence electrons. The van der Waals surface area contributed by atoms with Gasteiger partial charge in [0.2, 0.25) is 0 Å². The van der Waals surface area contributed by atoms with Crippen molar-refractivity contribution >= 4 is 5.97 Å². The lowest BCUT2D eigenvalue weighted by molar-refractivity contribution is -0.400. The zero-order chi connectivity index (χ0) is 20.6. The highest BCUT2D eigenvalue weighted by Gasteiger charge is 2.76. The van der Waals surface area contributed by atoms with E-state index in [9.17, 15) is 31.1 Å². The highest BCUT2D eigenvalue weighted by Crippen LogP contribution is 2.58. The van der Waals surface area contributed by atoms with Crippen LogP contribution in [0.4, 0.5) is 26.3 Å². The third-order valence-electron chi connectivity index (χ3n) is 5.92. The highest BCUT2D eigenvalue weighted by atomic mass is 19.4. The predicted octanol–water partition coefficient (Wildman–Crippen LogP) is 5.20. The molecule has 0 aromatic heterocycles. The van der Waals surface area contributed by atoms with E-state index in [2.05, 4.69) is 11.3 Å². The number of ether oxygens (including phenoxy) is 2. The van der Waals surface area contributed by atoms with Gasteiger partial charge in [0.1, 0.15) is 6.10 Å². The monoisotopic (exact) mass is 402 g/mol. The van der Waals surface area contributed by atoms with Crippen LogP contribution in [0.5, 0.6) is 0 Å². The van der Waals surface area contributed by atoms with Gasteiger partial charge in [-0.05, 0) is 50.9 Å². The quantitative estimate of drug-likeness (QED) is 0.368. The summed E-state index contributed by atoms with van der Waals surface area (Å²) in [5, 5.41) is 0. The Kier molecular flexibility index (Phi) is 6.24. The lowest BCUT2D eigenvalue weighted by Crippen LogP contribution is -2.66. The summed E-state index contributed by atoms with van der Waals surface area (Å²) in [5.41, 5.74) is -4.08. The van der Waals surface area contributed by atoms with E-state index in [1.165, 1.54) is 6.92 Å². The summed E-state index contributed by atoms with van der Waals surface area (Å²) in [6.45, 7) is 4.90. The van der Waals surface area contributed by atoms with Gasteiger partial charge < -0.3 is 9.47 Å². The molecule has 0 radical (unpaired) electrons. The number of carbonyl (C=O) groups is 1. The Hall–Kier alpha value is -1.25. The number of carbonyl (C=O) groups excluding carboxylic acids is 1. The van der Waals surface area contributed by atoms with Crippen LogP contribution in [-0.2, 0) is 14.3 Å². The van der Waals surface area contributed by atoms with E-state index < -0.39 is 47.8 Å². The summed E-state index contributed by atoms with van der Waals surface area (Å²) in [5.74, 6) is -3.89. The molecule has 0 aliphatic heterocycles. The van der Waals surface area contributed by atoms with E-state index in [4.69, 9.17) is 4.74 Å². The van der Waals surface area contributed by atoms with Gasteiger partial charge in [-0.15, -0.1) is 0 Å². The fourth-order valence-electron chi connectivity index (χ4n) is 4.80. The molecular formula is C18H24F6O3. The summed E-state index contributed by atoms with van der Waals surface area (Å²) in [6, 6.07) is 0. The normalized spacial score (nSPS) is 29.8. The van der Waals surface area contributed by atoms with Crippen molar-refractivity contribution in [1.29, 1.82) is 0 Å². The third-order valence-corrected chi connectivity index (χ3v) is 5.92. The molecule has 0 N–H and O–H groups in total. The Morgan fingerprint density at radius 3 is 1.93 bits per heavy atom. The van der Waals surface area contributed by atoms with E-state index in [0.29, 0.717) is 26.4 Å². The zero-order valence-electron chi connectivity index (χ0n) is 15.3. The highest BCUT2D eigenvalue weighted by molar-refractivity contribution is 5.87. The topological polar surface area (TPSA) is 35.5 Å². The first-order valence-corrected chi connectivity index (χ1v) is 8.92. The molecule has 27 heavy (non-hydrogen) atoms. The summed E-state index contributed by atoms with van der Waals surface area (Å²) < 4.78 is 91.7. The van der Waals surface area contributed by atoms with Gasteiger partial charge in [0, 0.05) is 18.6 Å². The molecule has 4 unspecified atom stereocenters. The predicted molar refractivity (Wildman–Crippen MR) is 84.7 cm³/mol. The van der Waals surface area contributed by atoms with E-state index in [-0.39, 0.29) is 24.8 Å². The standard InChI is InChI=1S/C18H24F6O3/c1-10(2)15(25)27-14-9-5-6-11-12(14)7-4-8-13(11)16(26-3,17(19,20)21)18(22,23)24/h11-14H,1,4-9H2,2-3H3. The Bertz CT molecular complexity index is 554. The van der Waals surface area contributed by atoms with Gasteiger partial charge in [-0.1, -0.05) is 13.0 Å². The number of alkyl halides is 6. The first kappa shape index (κ1) is 22.0. The second-order valence-electron chi connectivity index (χ2n) is 7.46. The van der Waals surface area contributed by atoms with Crippen LogP contribution in [0.25, 0.3) is 0 Å². The lowest BCUT2D eigenvalue weighted by atomic mass is 9.59. The molecular weight excluding hydrogens is 378 g/mol. The fraction of sp³-hybridized carbons (Fsp3) is 0.833. The second kappa shape index (κ2) is 7.64. The van der Waals surface area contributed by atoms with Gasteiger partial charge >= 0.3 is 18.3 Å². The van der Waals surface area contributed by atoms with Crippen LogP contribution in [0.3, 0.4) is 0 Å². The number of hydrogen-bond acceptors (Lipinski definition) is 3. The van der Waals surface area contributed by atoms with Crippen LogP contribution in [0.15, 0.2) is 12.2 Å². The van der Waals surface area contributed by atoms with Crippen molar-refractivity contribution in [2.45, 2.75) is 69.5 Å². The number of halogens is 6. The molecule has 4 atom stereocenters. The molecule has 2 fully saturated rings. The molecule has 0 aromatic carbocycles. The average molecular weight is 402 g/mol. The largest absolute Gasteiger partial charge is 0.459 e. The van der Waals surface area contributed by atoms with E-state index in [1.807, 2.05) is 0 Å². The van der Waals surface area contributed by atoms with Crippen molar-refractivity contribution in [3.63, 3.8) is 0 Å². The van der Waals surface area contributed by atoms with E-state index >= 15 is 0 Å². The van der Waals surface area contributed by atoms with Gasteiger partial charge in [0.15, 0.2) is 0 Å². The van der Waals surface area contributed by atoms with Crippen LogP contribution in [0.2, 0.25) is 0 Å². The van der Waals surface area contributed by atoms with Gasteiger partial charge in [-0.25, -0.2) is 4.79 Å². The molecule has 2 rings (SSSR count). The van der Waals surface area contributed by atoms with Crippen LogP contribution in [0, 0.1) is 17.8 Å². The van der Waals surface area contributed by atoms with Crippen molar-refractivity contribution in [2.75, 3.05) is 7.11 Å². The van der Waals surface area contributed by atoms with Crippen LogP contribution in [0.1, 0.15) is 45.4 Å². The fourth-order valence-corrected chi connectivity index (χ4v) is 4.80. The summed E-state index contributed by atoms with van der Waals surface area (Å²) in [7, 11) is 0.464. The minimum absolute atomic E-state index is 0.140. The zero-order valence-corrected chi connectivity index (χ0v) is 15.3. The smallest absolute Gasteiger partial charge is 0.426 e. The third kappa shape index (κ3) is 3.84. The minimum Gasteiger partial charge on any atom is -0.459 e. The molecule has 0 saturated heterocycles. The Morgan fingerprint density at radius 2 is 1.44 bits per heavy atom. The Balaban J connectivity index is 2.40. The van der Waals surface area contributed by atoms with Crippen LogP contribution in [-0.4, -0.2) is 37.1 Å². The molecule has 0 heterocycles. The number of fused-ring (bicyclic) bond motifs is 1. The maximum Gasteiger partial charge on any atom is 0.426 e. The number of hydrogen-bond donors (Lipinski definition) is 0. The lowest BCUT2D eigenvalue weighted by Gasteiger charge is -2.52. The van der Waals surface area contributed by atoms with Crippen LogP contribution >= 0.6 is 0 Å². The van der Waals surface area contributed by atoms with Gasteiger partial charge in [-0.3, -0.25) is 0 Å². The SMILES string of the molecule is C=C(C)C(=O)OC1CCCC2C1CCCC2C(OC)(C(F)(F)F)C(F)(F)F. The molecule has 9 heteroatoms. The number of rotatable bonds is 4. The summed E-state index contributed by atoms with van der Waals surface area (Å²) in [6.07, 6.45) is -10.5. The summed E-state index contributed by atoms with van der Waals surface area (Å²) >= 11 is 0.